The molecule has 2 aromatic heterocycles. The van der Waals surface area contributed by atoms with Gasteiger partial charge >= 0.3 is 6.03 Å². The SMILES string of the molecule is Cc1cc(NC(=O)NC(=O)c2ccco2)no1. The average Bonchev–Trinajstić information content (AvgIpc) is 2.89. The Morgan fingerprint density at radius 2 is 2.24 bits per heavy atom. The van der Waals surface area contributed by atoms with E-state index in [9.17, 15) is 9.59 Å². The highest BCUT2D eigenvalue weighted by atomic mass is 16.5. The Morgan fingerprint density at radius 1 is 1.41 bits per heavy atom. The maximum absolute atomic E-state index is 11.4. The van der Waals surface area contributed by atoms with Crippen molar-refractivity contribution in [3.8, 4) is 0 Å². The second-order valence-electron chi connectivity index (χ2n) is 3.21. The zero-order valence-corrected chi connectivity index (χ0v) is 8.89. The number of carbonyl (C=O) groups excluding carboxylic acids is 2. The van der Waals surface area contributed by atoms with Gasteiger partial charge in [-0.2, -0.15) is 0 Å². The summed E-state index contributed by atoms with van der Waals surface area (Å²) in [6.45, 7) is 1.68. The van der Waals surface area contributed by atoms with Gasteiger partial charge in [0.2, 0.25) is 0 Å². The van der Waals surface area contributed by atoms with Crippen molar-refractivity contribution in [1.82, 2.24) is 10.5 Å². The number of hydrogen-bond acceptors (Lipinski definition) is 5. The molecule has 2 aromatic rings. The summed E-state index contributed by atoms with van der Waals surface area (Å²) in [7, 11) is 0. The van der Waals surface area contributed by atoms with Crippen molar-refractivity contribution in [2.75, 3.05) is 5.32 Å². The predicted molar refractivity (Wildman–Crippen MR) is 56.4 cm³/mol. The number of urea groups is 1. The summed E-state index contributed by atoms with van der Waals surface area (Å²) in [5, 5.41) is 7.96. The Labute approximate surface area is 95.8 Å². The van der Waals surface area contributed by atoms with Crippen molar-refractivity contribution in [1.29, 1.82) is 0 Å². The van der Waals surface area contributed by atoms with Gasteiger partial charge in [-0.3, -0.25) is 15.4 Å². The third-order valence-corrected chi connectivity index (χ3v) is 1.84. The van der Waals surface area contributed by atoms with Crippen LogP contribution in [0.5, 0.6) is 0 Å². The molecule has 2 heterocycles. The van der Waals surface area contributed by atoms with Crippen molar-refractivity contribution >= 4 is 17.8 Å². The van der Waals surface area contributed by atoms with Crippen molar-refractivity contribution in [2.24, 2.45) is 0 Å². The molecule has 0 spiro atoms. The Kier molecular flexibility index (Phi) is 2.91. The fraction of sp³-hybridized carbons (Fsp3) is 0.100. The number of imide groups is 1. The third kappa shape index (κ3) is 2.71. The zero-order chi connectivity index (χ0) is 12.3. The van der Waals surface area contributed by atoms with Crippen molar-refractivity contribution in [2.45, 2.75) is 6.92 Å². The van der Waals surface area contributed by atoms with Gasteiger partial charge < -0.3 is 8.94 Å². The summed E-state index contributed by atoms with van der Waals surface area (Å²) in [6, 6.07) is 3.81. The van der Waals surface area contributed by atoms with Crippen LogP contribution in [0.25, 0.3) is 0 Å². The molecule has 0 saturated heterocycles. The number of carbonyl (C=O) groups is 2. The molecule has 0 aliphatic rings. The van der Waals surface area contributed by atoms with E-state index in [1.54, 1.807) is 13.0 Å². The minimum absolute atomic E-state index is 0.0523. The average molecular weight is 235 g/mol. The molecule has 0 radical (unpaired) electrons. The minimum Gasteiger partial charge on any atom is -0.459 e. The molecule has 0 saturated carbocycles. The first-order valence-electron chi connectivity index (χ1n) is 4.74. The Morgan fingerprint density at radius 3 is 2.82 bits per heavy atom. The van der Waals surface area contributed by atoms with Gasteiger partial charge in [-0.25, -0.2) is 4.79 Å². The smallest absolute Gasteiger partial charge is 0.327 e. The van der Waals surface area contributed by atoms with Gasteiger partial charge in [0.1, 0.15) is 5.76 Å². The van der Waals surface area contributed by atoms with Crippen LogP contribution in [0.2, 0.25) is 0 Å². The molecule has 0 unspecified atom stereocenters. The molecular formula is C10H9N3O4. The topological polar surface area (TPSA) is 97.4 Å². The molecule has 2 N–H and O–H groups in total. The van der Waals surface area contributed by atoms with Crippen molar-refractivity contribution in [3.05, 3.63) is 36.0 Å². The number of rotatable bonds is 2. The molecule has 3 amide bonds. The molecule has 7 heteroatoms. The maximum atomic E-state index is 11.4. The molecular weight excluding hydrogens is 226 g/mol. The van der Waals surface area contributed by atoms with E-state index in [0.29, 0.717) is 5.76 Å². The van der Waals surface area contributed by atoms with Gasteiger partial charge in [-0.05, 0) is 19.1 Å². The summed E-state index contributed by atoms with van der Waals surface area (Å²) in [5.41, 5.74) is 0. The number of aromatic nitrogens is 1. The number of aryl methyl sites for hydroxylation is 1. The Balaban J connectivity index is 1.92. The minimum atomic E-state index is -0.709. The number of nitrogens with zero attached hydrogens (tertiary/aromatic N) is 1. The van der Waals surface area contributed by atoms with Crippen LogP contribution >= 0.6 is 0 Å². The molecule has 0 aliphatic heterocycles. The number of anilines is 1. The van der Waals surface area contributed by atoms with E-state index in [-0.39, 0.29) is 11.6 Å². The van der Waals surface area contributed by atoms with Gasteiger partial charge in [0.25, 0.3) is 5.91 Å². The van der Waals surface area contributed by atoms with Gasteiger partial charge in [-0.1, -0.05) is 5.16 Å². The first-order chi connectivity index (χ1) is 8.15. The van der Waals surface area contributed by atoms with Crippen LogP contribution in [0.1, 0.15) is 16.3 Å². The van der Waals surface area contributed by atoms with Crippen molar-refractivity contribution in [3.63, 3.8) is 0 Å². The molecule has 0 bridgehead atoms. The van der Waals surface area contributed by atoms with E-state index < -0.39 is 11.9 Å². The largest absolute Gasteiger partial charge is 0.459 e. The molecule has 0 atom stereocenters. The predicted octanol–water partition coefficient (Wildman–Crippen LogP) is 1.54. The first-order valence-corrected chi connectivity index (χ1v) is 4.74. The fourth-order valence-electron chi connectivity index (χ4n) is 1.15. The standard InChI is InChI=1S/C10H9N3O4/c1-6-5-8(13-17-6)11-10(15)12-9(14)7-3-2-4-16-7/h2-5H,1H3,(H2,11,12,13,14,15). The maximum Gasteiger partial charge on any atom is 0.327 e. The number of nitrogens with one attached hydrogen (secondary N) is 2. The lowest BCUT2D eigenvalue weighted by atomic mass is 10.4. The number of hydrogen-bond donors (Lipinski definition) is 2. The molecule has 0 aliphatic carbocycles. The normalized spacial score (nSPS) is 9.94. The zero-order valence-electron chi connectivity index (χ0n) is 8.89. The van der Waals surface area contributed by atoms with Gasteiger partial charge in [0, 0.05) is 6.07 Å². The van der Waals surface area contributed by atoms with E-state index in [1.165, 1.54) is 18.4 Å². The number of furan rings is 1. The second-order valence-corrected chi connectivity index (χ2v) is 3.21. The Hall–Kier alpha value is -2.57. The van der Waals surface area contributed by atoms with Gasteiger partial charge in [0.15, 0.2) is 11.6 Å². The van der Waals surface area contributed by atoms with Crippen LogP contribution in [0, 0.1) is 6.92 Å². The molecule has 2 rings (SSSR count). The lowest BCUT2D eigenvalue weighted by Gasteiger charge is -2.01. The van der Waals surface area contributed by atoms with Gasteiger partial charge in [0.05, 0.1) is 6.26 Å². The number of amides is 3. The van der Waals surface area contributed by atoms with Crippen LogP contribution in [-0.4, -0.2) is 17.1 Å². The molecule has 7 nitrogen and oxygen atoms in total. The highest BCUT2D eigenvalue weighted by molar-refractivity contribution is 6.06. The van der Waals surface area contributed by atoms with Crippen LogP contribution < -0.4 is 10.6 Å². The summed E-state index contributed by atoms with van der Waals surface area (Å²) in [5.74, 6) is 0.203. The lowest BCUT2D eigenvalue weighted by Crippen LogP contribution is -2.34. The summed E-state index contributed by atoms with van der Waals surface area (Å²) >= 11 is 0. The highest BCUT2D eigenvalue weighted by Crippen LogP contribution is 2.06. The summed E-state index contributed by atoms with van der Waals surface area (Å²) in [6.07, 6.45) is 1.34. The molecule has 0 aromatic carbocycles. The second kappa shape index (κ2) is 4.52. The van der Waals surface area contributed by atoms with Gasteiger partial charge in [-0.15, -0.1) is 0 Å². The van der Waals surface area contributed by atoms with E-state index in [2.05, 4.69) is 15.8 Å². The Bertz CT molecular complexity index is 530. The molecule has 0 fully saturated rings. The fourth-order valence-corrected chi connectivity index (χ4v) is 1.15. The summed E-state index contributed by atoms with van der Waals surface area (Å²) < 4.78 is 9.57. The molecule has 17 heavy (non-hydrogen) atoms. The lowest BCUT2D eigenvalue weighted by molar-refractivity contribution is 0.0940. The third-order valence-electron chi connectivity index (χ3n) is 1.84. The van der Waals surface area contributed by atoms with Crippen LogP contribution in [0.4, 0.5) is 10.6 Å². The summed E-state index contributed by atoms with van der Waals surface area (Å²) in [4.78, 5) is 22.8. The van der Waals surface area contributed by atoms with E-state index in [4.69, 9.17) is 8.94 Å². The van der Waals surface area contributed by atoms with E-state index in [0.717, 1.165) is 0 Å². The molecule has 88 valence electrons. The van der Waals surface area contributed by atoms with Crippen LogP contribution in [0.3, 0.4) is 0 Å². The first kappa shape index (κ1) is 10.9. The van der Waals surface area contributed by atoms with E-state index in [1.807, 2.05) is 0 Å². The van der Waals surface area contributed by atoms with Crippen molar-refractivity contribution < 1.29 is 18.5 Å². The highest BCUT2D eigenvalue weighted by Gasteiger charge is 2.13. The quantitative estimate of drug-likeness (QED) is 0.822. The van der Waals surface area contributed by atoms with Crippen LogP contribution in [-0.2, 0) is 0 Å². The monoisotopic (exact) mass is 235 g/mol. The van der Waals surface area contributed by atoms with Crippen LogP contribution in [0.15, 0.2) is 33.4 Å². The van der Waals surface area contributed by atoms with E-state index >= 15 is 0 Å².